The Morgan fingerprint density at radius 2 is 2.43 bits per heavy atom. The van der Waals surface area contributed by atoms with Crippen molar-refractivity contribution in [2.24, 2.45) is 11.8 Å². The molecule has 0 saturated carbocycles. The van der Waals surface area contributed by atoms with Crippen LogP contribution in [0.3, 0.4) is 0 Å². The van der Waals surface area contributed by atoms with Crippen molar-refractivity contribution < 1.29 is 4.42 Å². The number of rotatable bonds is 4. The normalized spacial score (nSPS) is 30.6. The van der Waals surface area contributed by atoms with Gasteiger partial charge in [0, 0.05) is 25.0 Å². The van der Waals surface area contributed by atoms with Crippen LogP contribution in [0.5, 0.6) is 0 Å². The second-order valence-electron chi connectivity index (χ2n) is 5.85. The molecule has 1 unspecified atom stereocenters. The Labute approximate surface area is 131 Å². The molecule has 1 aromatic heterocycles. The first-order valence-corrected chi connectivity index (χ1v) is 7.91. The number of terminal acetylenes is 1. The van der Waals surface area contributed by atoms with E-state index in [1.165, 1.54) is 19.4 Å². The zero-order valence-electron chi connectivity index (χ0n) is 12.0. The van der Waals surface area contributed by atoms with Gasteiger partial charge in [-0.25, -0.2) is 0 Å². The average molecular weight is 303 g/mol. The first kappa shape index (κ1) is 14.4. The monoisotopic (exact) mass is 303 g/mol. The van der Waals surface area contributed by atoms with Gasteiger partial charge in [0.25, 0.3) is 0 Å². The molecule has 2 N–H and O–H groups in total. The van der Waals surface area contributed by atoms with Crippen molar-refractivity contribution in [1.29, 1.82) is 0 Å². The number of hydrogen-bond acceptors (Lipinski definition) is 3. The molecule has 5 heteroatoms. The average Bonchev–Trinajstić information content (AvgIpc) is 3.04. The molecule has 0 aromatic carbocycles. The van der Waals surface area contributed by atoms with E-state index in [9.17, 15) is 0 Å². The van der Waals surface area contributed by atoms with E-state index in [1.54, 1.807) is 6.26 Å². The summed E-state index contributed by atoms with van der Waals surface area (Å²) < 4.78 is 5.27. The zero-order chi connectivity index (χ0) is 14.7. The largest absolute Gasteiger partial charge is 0.467 e. The Kier molecular flexibility index (Phi) is 4.47. The SMILES string of the molecule is C#C[C@@H]1CN2CC[C@H]1C[C@@H]2CNC(=S)NCc1ccco1. The summed E-state index contributed by atoms with van der Waals surface area (Å²) in [5.41, 5.74) is 0. The van der Waals surface area contributed by atoms with Crippen LogP contribution in [0.25, 0.3) is 0 Å². The Bertz CT molecular complexity index is 522. The molecule has 0 amide bonds. The van der Waals surface area contributed by atoms with Crippen LogP contribution in [0.1, 0.15) is 18.6 Å². The zero-order valence-corrected chi connectivity index (χ0v) is 12.9. The van der Waals surface area contributed by atoms with Gasteiger partial charge < -0.3 is 15.1 Å². The highest BCUT2D eigenvalue weighted by Crippen LogP contribution is 2.35. The minimum Gasteiger partial charge on any atom is -0.467 e. The summed E-state index contributed by atoms with van der Waals surface area (Å²) in [5.74, 6) is 4.97. The van der Waals surface area contributed by atoms with Gasteiger partial charge in [-0.1, -0.05) is 0 Å². The molecule has 4 heterocycles. The third-order valence-electron chi connectivity index (χ3n) is 4.59. The lowest BCUT2D eigenvalue weighted by Crippen LogP contribution is -2.57. The molecule has 1 aromatic rings. The number of nitrogens with zero attached hydrogens (tertiary/aromatic N) is 1. The van der Waals surface area contributed by atoms with Gasteiger partial charge in [-0.3, -0.25) is 4.90 Å². The standard InChI is InChI=1S/C16H21N3OS/c1-2-12-11-19-6-5-13(12)8-14(19)9-17-16(21)18-10-15-4-3-7-20-15/h1,3-4,7,12-14H,5-6,8-11H2,(H2,17,18,21)/t12-,13+,14-/m1/s1. The predicted molar refractivity (Wildman–Crippen MR) is 86.6 cm³/mol. The van der Waals surface area contributed by atoms with Crippen LogP contribution in [-0.4, -0.2) is 35.7 Å². The Hall–Kier alpha value is -1.51. The van der Waals surface area contributed by atoms with Crippen molar-refractivity contribution in [1.82, 2.24) is 15.5 Å². The smallest absolute Gasteiger partial charge is 0.166 e. The van der Waals surface area contributed by atoms with Crippen molar-refractivity contribution in [3.8, 4) is 12.3 Å². The lowest BCUT2D eigenvalue weighted by Gasteiger charge is -2.48. The molecule has 2 bridgehead atoms. The second-order valence-corrected chi connectivity index (χ2v) is 6.26. The summed E-state index contributed by atoms with van der Waals surface area (Å²) in [4.78, 5) is 2.51. The number of hydrogen-bond donors (Lipinski definition) is 2. The van der Waals surface area contributed by atoms with E-state index >= 15 is 0 Å². The van der Waals surface area contributed by atoms with Gasteiger partial charge in [0.1, 0.15) is 5.76 Å². The molecule has 4 rings (SSSR count). The lowest BCUT2D eigenvalue weighted by molar-refractivity contribution is 0.0248. The molecule has 3 aliphatic rings. The fourth-order valence-corrected chi connectivity index (χ4v) is 3.55. The number of fused-ring (bicyclic) bond motifs is 3. The van der Waals surface area contributed by atoms with Crippen molar-refractivity contribution in [2.75, 3.05) is 19.6 Å². The van der Waals surface area contributed by atoms with E-state index in [1.807, 2.05) is 12.1 Å². The van der Waals surface area contributed by atoms with Gasteiger partial charge in [0.15, 0.2) is 5.11 Å². The van der Waals surface area contributed by atoms with E-state index in [-0.39, 0.29) is 0 Å². The highest BCUT2D eigenvalue weighted by atomic mass is 32.1. The van der Waals surface area contributed by atoms with Gasteiger partial charge in [0.2, 0.25) is 0 Å². The second kappa shape index (κ2) is 6.50. The topological polar surface area (TPSA) is 40.4 Å². The predicted octanol–water partition coefficient (Wildman–Crippen LogP) is 1.59. The maximum Gasteiger partial charge on any atom is 0.166 e. The molecule has 112 valence electrons. The highest BCUT2D eigenvalue weighted by Gasteiger charge is 2.38. The maximum atomic E-state index is 5.61. The van der Waals surface area contributed by atoms with Crippen molar-refractivity contribution in [2.45, 2.75) is 25.4 Å². The van der Waals surface area contributed by atoms with Crippen LogP contribution >= 0.6 is 12.2 Å². The van der Waals surface area contributed by atoms with Gasteiger partial charge in [0.05, 0.1) is 12.8 Å². The minimum absolute atomic E-state index is 0.444. The molecule has 0 aliphatic carbocycles. The fourth-order valence-electron chi connectivity index (χ4n) is 3.39. The van der Waals surface area contributed by atoms with Crippen LogP contribution < -0.4 is 10.6 Å². The quantitative estimate of drug-likeness (QED) is 0.653. The molecule has 4 nitrogen and oxygen atoms in total. The summed E-state index contributed by atoms with van der Waals surface area (Å²) in [6, 6.07) is 4.36. The summed E-state index contributed by atoms with van der Waals surface area (Å²) in [6.45, 7) is 3.72. The van der Waals surface area contributed by atoms with E-state index in [2.05, 4.69) is 21.5 Å². The molecule has 3 fully saturated rings. The van der Waals surface area contributed by atoms with Crippen LogP contribution in [0.15, 0.2) is 22.8 Å². The molecule has 4 atom stereocenters. The van der Waals surface area contributed by atoms with Gasteiger partial charge in [-0.15, -0.1) is 12.3 Å². The maximum absolute atomic E-state index is 5.61. The fraction of sp³-hybridized carbons (Fsp3) is 0.562. The Balaban J connectivity index is 1.41. The summed E-state index contributed by atoms with van der Waals surface area (Å²) in [7, 11) is 0. The molecule has 21 heavy (non-hydrogen) atoms. The summed E-state index contributed by atoms with van der Waals surface area (Å²) in [6.07, 6.45) is 9.71. The Morgan fingerprint density at radius 3 is 3.10 bits per heavy atom. The van der Waals surface area contributed by atoms with Gasteiger partial charge in [-0.05, 0) is 49.7 Å². The van der Waals surface area contributed by atoms with Crippen LogP contribution in [0.4, 0.5) is 0 Å². The first-order chi connectivity index (χ1) is 10.3. The number of nitrogens with one attached hydrogen (secondary N) is 2. The third-order valence-corrected chi connectivity index (χ3v) is 4.88. The van der Waals surface area contributed by atoms with E-state index < -0.39 is 0 Å². The summed E-state index contributed by atoms with van der Waals surface area (Å²) >= 11 is 5.31. The highest BCUT2D eigenvalue weighted by molar-refractivity contribution is 7.80. The summed E-state index contributed by atoms with van der Waals surface area (Å²) in [5, 5.41) is 7.17. The molecule has 0 radical (unpaired) electrons. The van der Waals surface area contributed by atoms with Crippen molar-refractivity contribution in [3.05, 3.63) is 24.2 Å². The molecule has 0 spiro atoms. The van der Waals surface area contributed by atoms with Crippen LogP contribution in [-0.2, 0) is 6.54 Å². The number of piperidine rings is 3. The van der Waals surface area contributed by atoms with E-state index in [4.69, 9.17) is 23.1 Å². The Morgan fingerprint density at radius 1 is 1.52 bits per heavy atom. The van der Waals surface area contributed by atoms with Crippen LogP contribution in [0, 0.1) is 24.2 Å². The van der Waals surface area contributed by atoms with Crippen molar-refractivity contribution >= 4 is 17.3 Å². The molecule has 3 aliphatic heterocycles. The van der Waals surface area contributed by atoms with E-state index in [0.29, 0.717) is 29.5 Å². The van der Waals surface area contributed by atoms with Crippen molar-refractivity contribution in [3.63, 3.8) is 0 Å². The first-order valence-electron chi connectivity index (χ1n) is 7.50. The molecular formula is C16H21N3OS. The number of thiocarbonyl (C=S) groups is 1. The van der Waals surface area contributed by atoms with E-state index in [0.717, 1.165) is 18.8 Å². The third kappa shape index (κ3) is 3.39. The van der Waals surface area contributed by atoms with Gasteiger partial charge >= 0.3 is 0 Å². The molecular weight excluding hydrogens is 282 g/mol. The lowest BCUT2D eigenvalue weighted by atomic mass is 9.76. The van der Waals surface area contributed by atoms with Gasteiger partial charge in [-0.2, -0.15) is 0 Å². The molecule has 3 saturated heterocycles. The number of furan rings is 1. The van der Waals surface area contributed by atoms with Crippen LogP contribution in [0.2, 0.25) is 0 Å². The minimum atomic E-state index is 0.444.